The maximum absolute atomic E-state index is 4.20. The molecule has 0 amide bonds. The maximum atomic E-state index is 4.20. The van der Waals surface area contributed by atoms with Gasteiger partial charge in [0.1, 0.15) is 0 Å². The largest absolute Gasteiger partial charge is 0.310 e. The highest BCUT2D eigenvalue weighted by atomic mass is 14.9. The van der Waals surface area contributed by atoms with Crippen molar-refractivity contribution in [2.24, 2.45) is 5.92 Å². The SMILES string of the molecule is CCCNC(CC1CC1)c1cccnc1. The molecule has 82 valence electrons. The molecule has 1 N–H and O–H groups in total. The minimum atomic E-state index is 0.520. The van der Waals surface area contributed by atoms with Crippen LogP contribution >= 0.6 is 0 Å². The summed E-state index contributed by atoms with van der Waals surface area (Å²) in [5.41, 5.74) is 1.35. The van der Waals surface area contributed by atoms with E-state index in [0.29, 0.717) is 6.04 Å². The zero-order chi connectivity index (χ0) is 10.5. The van der Waals surface area contributed by atoms with Gasteiger partial charge in [0, 0.05) is 18.4 Å². The first-order valence-corrected chi connectivity index (χ1v) is 6.03. The second kappa shape index (κ2) is 5.26. The van der Waals surface area contributed by atoms with Crippen molar-refractivity contribution in [3.63, 3.8) is 0 Å². The minimum Gasteiger partial charge on any atom is -0.310 e. The number of aromatic nitrogens is 1. The Hall–Kier alpha value is -0.890. The van der Waals surface area contributed by atoms with E-state index in [1.165, 1.54) is 31.2 Å². The third-order valence-corrected chi connectivity index (χ3v) is 2.99. The van der Waals surface area contributed by atoms with E-state index in [4.69, 9.17) is 0 Å². The molecule has 2 nitrogen and oxygen atoms in total. The van der Waals surface area contributed by atoms with Crippen LogP contribution in [0.15, 0.2) is 24.5 Å². The van der Waals surface area contributed by atoms with Crippen LogP contribution in [0.5, 0.6) is 0 Å². The van der Waals surface area contributed by atoms with E-state index < -0.39 is 0 Å². The molecule has 0 aromatic carbocycles. The average molecular weight is 204 g/mol. The third-order valence-electron chi connectivity index (χ3n) is 2.99. The predicted molar refractivity (Wildman–Crippen MR) is 62.6 cm³/mol. The van der Waals surface area contributed by atoms with Crippen LogP contribution in [0.2, 0.25) is 0 Å². The molecule has 1 atom stereocenters. The van der Waals surface area contributed by atoms with Crippen LogP contribution < -0.4 is 5.32 Å². The first kappa shape index (κ1) is 10.6. The Labute approximate surface area is 92.1 Å². The molecule has 0 spiro atoms. The van der Waals surface area contributed by atoms with Crippen molar-refractivity contribution >= 4 is 0 Å². The van der Waals surface area contributed by atoms with E-state index >= 15 is 0 Å². The number of hydrogen-bond acceptors (Lipinski definition) is 2. The molecule has 1 fully saturated rings. The lowest BCUT2D eigenvalue weighted by atomic mass is 10.0. The molecule has 1 aliphatic carbocycles. The van der Waals surface area contributed by atoms with E-state index in [9.17, 15) is 0 Å². The zero-order valence-corrected chi connectivity index (χ0v) is 9.45. The Morgan fingerprint density at radius 2 is 2.40 bits per heavy atom. The van der Waals surface area contributed by atoms with Crippen LogP contribution in [0.25, 0.3) is 0 Å². The molecule has 15 heavy (non-hydrogen) atoms. The van der Waals surface area contributed by atoms with Crippen molar-refractivity contribution in [3.05, 3.63) is 30.1 Å². The van der Waals surface area contributed by atoms with Gasteiger partial charge in [-0.15, -0.1) is 0 Å². The fourth-order valence-corrected chi connectivity index (χ4v) is 1.92. The van der Waals surface area contributed by atoms with Gasteiger partial charge in [0.15, 0.2) is 0 Å². The normalized spacial score (nSPS) is 17.7. The van der Waals surface area contributed by atoms with Gasteiger partial charge in [0.05, 0.1) is 0 Å². The predicted octanol–water partition coefficient (Wildman–Crippen LogP) is 2.92. The highest BCUT2D eigenvalue weighted by molar-refractivity contribution is 5.14. The summed E-state index contributed by atoms with van der Waals surface area (Å²) in [6.07, 6.45) is 9.16. The van der Waals surface area contributed by atoms with Crippen molar-refractivity contribution in [1.82, 2.24) is 10.3 Å². The van der Waals surface area contributed by atoms with Gasteiger partial charge < -0.3 is 5.32 Å². The molecule has 1 aliphatic rings. The van der Waals surface area contributed by atoms with Crippen LogP contribution in [0, 0.1) is 5.92 Å². The van der Waals surface area contributed by atoms with Crippen molar-refractivity contribution in [3.8, 4) is 0 Å². The van der Waals surface area contributed by atoms with Crippen LogP contribution in [-0.4, -0.2) is 11.5 Å². The quantitative estimate of drug-likeness (QED) is 0.770. The second-order valence-corrected chi connectivity index (χ2v) is 4.47. The lowest BCUT2D eigenvalue weighted by molar-refractivity contribution is 0.473. The highest BCUT2D eigenvalue weighted by Gasteiger charge is 2.25. The van der Waals surface area contributed by atoms with Gasteiger partial charge in [-0.3, -0.25) is 4.98 Å². The lowest BCUT2D eigenvalue weighted by Crippen LogP contribution is -2.22. The molecular weight excluding hydrogens is 184 g/mol. The summed E-state index contributed by atoms with van der Waals surface area (Å²) < 4.78 is 0. The first-order chi connectivity index (χ1) is 7.40. The smallest absolute Gasteiger partial charge is 0.0338 e. The fraction of sp³-hybridized carbons (Fsp3) is 0.615. The van der Waals surface area contributed by atoms with Crippen molar-refractivity contribution in [1.29, 1.82) is 0 Å². The summed E-state index contributed by atoms with van der Waals surface area (Å²) in [6, 6.07) is 4.73. The van der Waals surface area contributed by atoms with E-state index in [0.717, 1.165) is 12.5 Å². The standard InChI is InChI=1S/C13H20N2/c1-2-7-15-13(9-11-5-6-11)12-4-3-8-14-10-12/h3-4,8,10-11,13,15H,2,5-7,9H2,1H3. The van der Waals surface area contributed by atoms with Crippen molar-refractivity contribution < 1.29 is 0 Å². The van der Waals surface area contributed by atoms with Gasteiger partial charge in [0.2, 0.25) is 0 Å². The molecule has 2 rings (SSSR count). The Kier molecular flexibility index (Phi) is 3.73. The van der Waals surface area contributed by atoms with E-state index in [2.05, 4.69) is 23.3 Å². The molecule has 0 bridgehead atoms. The molecule has 1 aromatic heterocycles. The first-order valence-electron chi connectivity index (χ1n) is 6.03. The zero-order valence-electron chi connectivity index (χ0n) is 9.45. The van der Waals surface area contributed by atoms with Crippen LogP contribution in [0.4, 0.5) is 0 Å². The number of nitrogens with one attached hydrogen (secondary N) is 1. The summed E-state index contributed by atoms with van der Waals surface area (Å²) in [4.78, 5) is 4.20. The van der Waals surface area contributed by atoms with Gasteiger partial charge in [-0.05, 0) is 36.9 Å². The molecule has 0 aliphatic heterocycles. The van der Waals surface area contributed by atoms with Gasteiger partial charge in [-0.25, -0.2) is 0 Å². The van der Waals surface area contributed by atoms with E-state index in [1.807, 2.05) is 18.5 Å². The summed E-state index contributed by atoms with van der Waals surface area (Å²) in [6.45, 7) is 3.32. The minimum absolute atomic E-state index is 0.520. The number of pyridine rings is 1. The monoisotopic (exact) mass is 204 g/mol. The molecule has 1 aromatic rings. The second-order valence-electron chi connectivity index (χ2n) is 4.47. The Morgan fingerprint density at radius 1 is 1.53 bits per heavy atom. The molecule has 1 unspecified atom stereocenters. The number of nitrogens with zero attached hydrogens (tertiary/aromatic N) is 1. The van der Waals surface area contributed by atoms with Crippen LogP contribution in [0.1, 0.15) is 44.2 Å². The van der Waals surface area contributed by atoms with E-state index in [1.54, 1.807) is 0 Å². The highest BCUT2D eigenvalue weighted by Crippen LogP contribution is 2.37. The molecule has 1 heterocycles. The van der Waals surface area contributed by atoms with Gasteiger partial charge >= 0.3 is 0 Å². The molecule has 0 saturated heterocycles. The summed E-state index contributed by atoms with van der Waals surface area (Å²) in [5, 5.41) is 3.62. The third kappa shape index (κ3) is 3.31. The molecule has 1 saturated carbocycles. The van der Waals surface area contributed by atoms with Gasteiger partial charge in [-0.1, -0.05) is 25.8 Å². The van der Waals surface area contributed by atoms with E-state index in [-0.39, 0.29) is 0 Å². The van der Waals surface area contributed by atoms with Crippen LogP contribution in [-0.2, 0) is 0 Å². The van der Waals surface area contributed by atoms with Gasteiger partial charge in [0.25, 0.3) is 0 Å². The van der Waals surface area contributed by atoms with Gasteiger partial charge in [-0.2, -0.15) is 0 Å². The molecule has 2 heteroatoms. The van der Waals surface area contributed by atoms with Crippen molar-refractivity contribution in [2.75, 3.05) is 6.54 Å². The van der Waals surface area contributed by atoms with Crippen molar-refractivity contribution in [2.45, 2.75) is 38.6 Å². The Morgan fingerprint density at radius 3 is 3.00 bits per heavy atom. The Balaban J connectivity index is 1.96. The summed E-state index contributed by atoms with van der Waals surface area (Å²) >= 11 is 0. The average Bonchev–Trinajstić information content (AvgIpc) is 3.09. The topological polar surface area (TPSA) is 24.9 Å². The number of hydrogen-bond donors (Lipinski definition) is 1. The Bertz CT molecular complexity index is 280. The molecular formula is C13H20N2. The molecule has 0 radical (unpaired) electrons. The number of rotatable bonds is 6. The lowest BCUT2D eigenvalue weighted by Gasteiger charge is -2.18. The van der Waals surface area contributed by atoms with Crippen LogP contribution in [0.3, 0.4) is 0 Å². The summed E-state index contributed by atoms with van der Waals surface area (Å²) in [5.74, 6) is 0.958. The summed E-state index contributed by atoms with van der Waals surface area (Å²) in [7, 11) is 0. The fourth-order valence-electron chi connectivity index (χ4n) is 1.92. The maximum Gasteiger partial charge on any atom is 0.0338 e.